The molecule has 2 atom stereocenters. The van der Waals surface area contributed by atoms with E-state index in [-0.39, 0.29) is 30.1 Å². The largest absolute Gasteiger partial charge is 0.368 e. The SMILES string of the molecule is CC[C@@H](C(=O)N1CCNC(=O)[C@H]1CC(=O)N1CCN(c2ccccc2)CC1)c1ccccc1. The van der Waals surface area contributed by atoms with Crippen LogP contribution in [0.2, 0.25) is 0 Å². The van der Waals surface area contributed by atoms with E-state index in [9.17, 15) is 14.4 Å². The maximum Gasteiger partial charge on any atom is 0.243 e. The molecular weight excluding hydrogens is 416 g/mol. The number of carbonyl (C=O) groups is 3. The van der Waals surface area contributed by atoms with E-state index in [1.165, 1.54) is 0 Å². The number of piperazine rings is 2. The van der Waals surface area contributed by atoms with E-state index >= 15 is 0 Å². The van der Waals surface area contributed by atoms with Gasteiger partial charge in [-0.1, -0.05) is 55.5 Å². The number of amides is 3. The second kappa shape index (κ2) is 10.5. The maximum atomic E-state index is 13.5. The lowest BCUT2D eigenvalue weighted by Crippen LogP contribution is -2.60. The molecule has 33 heavy (non-hydrogen) atoms. The van der Waals surface area contributed by atoms with Gasteiger partial charge in [0.15, 0.2) is 0 Å². The second-order valence-corrected chi connectivity index (χ2v) is 8.62. The van der Waals surface area contributed by atoms with E-state index < -0.39 is 6.04 Å². The molecule has 174 valence electrons. The van der Waals surface area contributed by atoms with Gasteiger partial charge in [0.2, 0.25) is 17.7 Å². The first-order valence-electron chi connectivity index (χ1n) is 11.8. The Labute approximate surface area is 195 Å². The van der Waals surface area contributed by atoms with E-state index in [1.807, 2.05) is 60.4 Å². The van der Waals surface area contributed by atoms with Gasteiger partial charge in [0, 0.05) is 45.0 Å². The van der Waals surface area contributed by atoms with Crippen molar-refractivity contribution in [2.75, 3.05) is 44.2 Å². The van der Waals surface area contributed by atoms with Crippen LogP contribution in [0.15, 0.2) is 60.7 Å². The van der Waals surface area contributed by atoms with Gasteiger partial charge in [-0.2, -0.15) is 0 Å². The zero-order valence-electron chi connectivity index (χ0n) is 19.2. The van der Waals surface area contributed by atoms with Gasteiger partial charge in [-0.05, 0) is 24.1 Å². The third-order valence-electron chi connectivity index (χ3n) is 6.64. The fourth-order valence-corrected chi connectivity index (χ4v) is 4.77. The summed E-state index contributed by atoms with van der Waals surface area (Å²) in [7, 11) is 0. The molecule has 2 aromatic rings. The summed E-state index contributed by atoms with van der Waals surface area (Å²) in [5.41, 5.74) is 2.10. The molecule has 0 aliphatic carbocycles. The van der Waals surface area contributed by atoms with Crippen LogP contribution in [0.1, 0.15) is 31.2 Å². The minimum Gasteiger partial charge on any atom is -0.368 e. The van der Waals surface area contributed by atoms with Crippen LogP contribution in [-0.2, 0) is 14.4 Å². The van der Waals surface area contributed by atoms with E-state index in [4.69, 9.17) is 0 Å². The summed E-state index contributed by atoms with van der Waals surface area (Å²) in [5, 5.41) is 2.84. The highest BCUT2D eigenvalue weighted by atomic mass is 16.2. The summed E-state index contributed by atoms with van der Waals surface area (Å²) in [6, 6.07) is 19.1. The molecule has 2 fully saturated rings. The van der Waals surface area contributed by atoms with Crippen molar-refractivity contribution in [3.8, 4) is 0 Å². The smallest absolute Gasteiger partial charge is 0.243 e. The van der Waals surface area contributed by atoms with Crippen molar-refractivity contribution >= 4 is 23.4 Å². The Morgan fingerprint density at radius 2 is 1.58 bits per heavy atom. The molecule has 1 N–H and O–H groups in total. The molecule has 0 aromatic heterocycles. The molecule has 0 unspecified atom stereocenters. The summed E-state index contributed by atoms with van der Waals surface area (Å²) in [6.45, 7) is 5.54. The van der Waals surface area contributed by atoms with E-state index in [2.05, 4.69) is 22.3 Å². The third kappa shape index (κ3) is 5.18. The van der Waals surface area contributed by atoms with Crippen LogP contribution in [0.5, 0.6) is 0 Å². The Kier molecular flexibility index (Phi) is 7.27. The van der Waals surface area contributed by atoms with Crippen molar-refractivity contribution in [1.82, 2.24) is 15.1 Å². The Balaban J connectivity index is 1.41. The number of benzene rings is 2. The van der Waals surface area contributed by atoms with Crippen LogP contribution in [0.4, 0.5) is 5.69 Å². The summed E-state index contributed by atoms with van der Waals surface area (Å²) in [4.78, 5) is 45.0. The quantitative estimate of drug-likeness (QED) is 0.736. The fourth-order valence-electron chi connectivity index (χ4n) is 4.77. The van der Waals surface area contributed by atoms with Gasteiger partial charge in [0.05, 0.1) is 12.3 Å². The lowest BCUT2D eigenvalue weighted by atomic mass is 9.93. The van der Waals surface area contributed by atoms with Crippen LogP contribution in [0, 0.1) is 0 Å². The van der Waals surface area contributed by atoms with Crippen molar-refractivity contribution in [2.24, 2.45) is 0 Å². The lowest BCUT2D eigenvalue weighted by molar-refractivity contribution is -0.147. The number of carbonyl (C=O) groups excluding carboxylic acids is 3. The molecule has 3 amide bonds. The summed E-state index contributed by atoms with van der Waals surface area (Å²) in [5.74, 6) is -0.710. The monoisotopic (exact) mass is 448 g/mol. The second-order valence-electron chi connectivity index (χ2n) is 8.62. The van der Waals surface area contributed by atoms with Gasteiger partial charge >= 0.3 is 0 Å². The highest BCUT2D eigenvalue weighted by Gasteiger charge is 2.38. The molecule has 2 aromatic carbocycles. The van der Waals surface area contributed by atoms with Crippen molar-refractivity contribution in [3.05, 3.63) is 66.2 Å². The predicted octanol–water partition coefficient (Wildman–Crippen LogP) is 2.25. The number of hydrogen-bond donors (Lipinski definition) is 1. The average molecular weight is 449 g/mol. The molecule has 4 rings (SSSR count). The molecule has 2 aliphatic rings. The summed E-state index contributed by atoms with van der Waals surface area (Å²) in [6.07, 6.45) is 0.664. The van der Waals surface area contributed by atoms with E-state index in [0.29, 0.717) is 32.6 Å². The van der Waals surface area contributed by atoms with Gasteiger partial charge < -0.3 is 20.0 Å². The van der Waals surface area contributed by atoms with Crippen molar-refractivity contribution in [3.63, 3.8) is 0 Å². The molecule has 2 heterocycles. The number of nitrogens with zero attached hydrogens (tertiary/aromatic N) is 3. The zero-order chi connectivity index (χ0) is 23.2. The molecule has 2 aliphatic heterocycles. The minimum absolute atomic E-state index is 0.0220. The molecular formula is C26H32N4O3. The van der Waals surface area contributed by atoms with Gasteiger partial charge in [-0.25, -0.2) is 0 Å². The summed E-state index contributed by atoms with van der Waals surface area (Å²) < 4.78 is 0. The van der Waals surface area contributed by atoms with Crippen LogP contribution < -0.4 is 10.2 Å². The topological polar surface area (TPSA) is 73.0 Å². The predicted molar refractivity (Wildman–Crippen MR) is 128 cm³/mol. The molecule has 0 saturated carbocycles. The number of para-hydroxylation sites is 1. The minimum atomic E-state index is -0.760. The van der Waals surface area contributed by atoms with Crippen molar-refractivity contribution in [1.29, 1.82) is 0 Å². The Morgan fingerprint density at radius 1 is 0.939 bits per heavy atom. The Hall–Kier alpha value is -3.35. The van der Waals surface area contributed by atoms with E-state index in [0.717, 1.165) is 24.3 Å². The Morgan fingerprint density at radius 3 is 2.21 bits per heavy atom. The Bertz CT molecular complexity index is 958. The third-order valence-corrected chi connectivity index (χ3v) is 6.64. The van der Waals surface area contributed by atoms with Crippen LogP contribution in [-0.4, -0.2) is 72.8 Å². The molecule has 7 nitrogen and oxygen atoms in total. The average Bonchev–Trinajstić information content (AvgIpc) is 2.87. The van der Waals surface area contributed by atoms with E-state index in [1.54, 1.807) is 4.90 Å². The number of hydrogen-bond acceptors (Lipinski definition) is 4. The molecule has 7 heteroatoms. The van der Waals surface area contributed by atoms with Crippen LogP contribution in [0.25, 0.3) is 0 Å². The number of nitrogens with one attached hydrogen (secondary N) is 1. The zero-order valence-corrected chi connectivity index (χ0v) is 19.2. The standard InChI is InChI=1S/C26H32N4O3/c1-2-22(20-9-5-3-6-10-20)26(33)30-14-13-27-25(32)23(30)19-24(31)29-17-15-28(16-18-29)21-11-7-4-8-12-21/h3-12,22-23H,2,13-19H2,1H3,(H,27,32)/t22-,23-/m1/s1. The van der Waals surface area contributed by atoms with Gasteiger partial charge in [-0.3, -0.25) is 14.4 Å². The first-order valence-corrected chi connectivity index (χ1v) is 11.8. The number of rotatable bonds is 6. The first kappa shape index (κ1) is 22.8. The van der Waals surface area contributed by atoms with Gasteiger partial charge in [0.1, 0.15) is 6.04 Å². The van der Waals surface area contributed by atoms with Gasteiger partial charge in [0.25, 0.3) is 0 Å². The van der Waals surface area contributed by atoms with Crippen LogP contribution >= 0.6 is 0 Å². The molecule has 2 saturated heterocycles. The highest BCUT2D eigenvalue weighted by molar-refractivity contribution is 5.94. The lowest BCUT2D eigenvalue weighted by Gasteiger charge is -2.39. The highest BCUT2D eigenvalue weighted by Crippen LogP contribution is 2.25. The first-order chi connectivity index (χ1) is 16.1. The molecule has 0 bridgehead atoms. The molecule has 0 radical (unpaired) electrons. The fraction of sp³-hybridized carbons (Fsp3) is 0.423. The van der Waals surface area contributed by atoms with Crippen molar-refractivity contribution < 1.29 is 14.4 Å². The maximum absolute atomic E-state index is 13.5. The van der Waals surface area contributed by atoms with Crippen molar-refractivity contribution in [2.45, 2.75) is 31.7 Å². The molecule has 0 spiro atoms. The number of anilines is 1. The van der Waals surface area contributed by atoms with Crippen LogP contribution in [0.3, 0.4) is 0 Å². The normalized spacial score (nSPS) is 19.7. The van der Waals surface area contributed by atoms with Gasteiger partial charge in [-0.15, -0.1) is 0 Å². The summed E-state index contributed by atoms with van der Waals surface area (Å²) >= 11 is 0.